The molecule has 0 saturated carbocycles. The summed E-state index contributed by atoms with van der Waals surface area (Å²) >= 11 is 1.28. The molecule has 1 aliphatic heterocycles. The fourth-order valence-electron chi connectivity index (χ4n) is 2.03. The smallest absolute Gasteiger partial charge is 0.262 e. The molecule has 2 heterocycles. The minimum absolute atomic E-state index is 0.271. The van der Waals surface area contributed by atoms with Gasteiger partial charge in [0, 0.05) is 11.0 Å². The summed E-state index contributed by atoms with van der Waals surface area (Å²) in [5.74, 6) is 0.871. The third-order valence-corrected chi connectivity index (χ3v) is 4.17. The first kappa shape index (κ1) is 14.5. The Hall–Kier alpha value is -2.47. The maximum absolute atomic E-state index is 12.0. The highest BCUT2D eigenvalue weighted by molar-refractivity contribution is 8.04. The second kappa shape index (κ2) is 6.11. The Balaban J connectivity index is 1.67. The highest BCUT2D eigenvalue weighted by Crippen LogP contribution is 2.37. The Bertz CT molecular complexity index is 764. The second-order valence-corrected chi connectivity index (χ2v) is 5.87. The van der Waals surface area contributed by atoms with E-state index >= 15 is 0 Å². The zero-order valence-electron chi connectivity index (χ0n) is 11.9. The summed E-state index contributed by atoms with van der Waals surface area (Å²) in [6, 6.07) is 11.1. The number of benzene rings is 1. The Morgan fingerprint density at radius 1 is 1.32 bits per heavy atom. The van der Waals surface area contributed by atoms with Gasteiger partial charge < -0.3 is 15.1 Å². The second-order valence-electron chi connectivity index (χ2n) is 4.79. The van der Waals surface area contributed by atoms with E-state index in [0.717, 1.165) is 16.3 Å². The van der Waals surface area contributed by atoms with Crippen molar-refractivity contribution in [3.8, 4) is 0 Å². The number of thioether (sulfide) groups is 1. The lowest BCUT2D eigenvalue weighted by Crippen LogP contribution is -2.23. The number of para-hydroxylation sites is 1. The molecule has 2 N–H and O–H groups in total. The number of fused-ring (bicyclic) bond motifs is 1. The van der Waals surface area contributed by atoms with Crippen molar-refractivity contribution in [1.29, 1.82) is 0 Å². The Morgan fingerprint density at radius 3 is 2.91 bits per heavy atom. The van der Waals surface area contributed by atoms with Crippen molar-refractivity contribution in [1.82, 2.24) is 5.32 Å². The van der Waals surface area contributed by atoms with Crippen LogP contribution >= 0.6 is 11.8 Å². The molecule has 22 heavy (non-hydrogen) atoms. The van der Waals surface area contributed by atoms with Crippen LogP contribution in [0.15, 0.2) is 56.7 Å². The molecule has 0 spiro atoms. The molecule has 5 nitrogen and oxygen atoms in total. The number of anilines is 1. The largest absolute Gasteiger partial charge is 0.465 e. The lowest BCUT2D eigenvalue weighted by Gasteiger charge is -2.17. The van der Waals surface area contributed by atoms with Crippen LogP contribution < -0.4 is 10.6 Å². The number of aryl methyl sites for hydroxylation is 1. The fraction of sp³-hybridized carbons (Fsp3) is 0.125. The zero-order chi connectivity index (χ0) is 15.5. The van der Waals surface area contributed by atoms with E-state index in [-0.39, 0.29) is 11.8 Å². The van der Waals surface area contributed by atoms with Gasteiger partial charge in [0.15, 0.2) is 0 Å². The van der Waals surface area contributed by atoms with Crippen molar-refractivity contribution >= 4 is 29.3 Å². The average molecular weight is 314 g/mol. The average Bonchev–Trinajstić information content (AvgIpc) is 2.91. The van der Waals surface area contributed by atoms with Crippen molar-refractivity contribution in [3.63, 3.8) is 0 Å². The summed E-state index contributed by atoms with van der Waals surface area (Å²) < 4.78 is 5.37. The summed E-state index contributed by atoms with van der Waals surface area (Å²) in [7, 11) is 0. The molecule has 0 unspecified atom stereocenters. The summed E-state index contributed by atoms with van der Waals surface area (Å²) in [6.45, 7) is 2.13. The third kappa shape index (κ3) is 3.23. The lowest BCUT2D eigenvalue weighted by atomic mass is 10.3. The van der Waals surface area contributed by atoms with Gasteiger partial charge in [-0.2, -0.15) is 0 Å². The first-order chi connectivity index (χ1) is 10.6. The number of carbonyl (C=O) groups is 2. The monoisotopic (exact) mass is 314 g/mol. The normalized spacial score (nSPS) is 15.3. The van der Waals surface area contributed by atoms with E-state index < -0.39 is 0 Å². The fourth-order valence-corrected chi connectivity index (χ4v) is 2.95. The summed E-state index contributed by atoms with van der Waals surface area (Å²) in [6.07, 6.45) is 1.31. The maximum Gasteiger partial charge on any atom is 0.262 e. The van der Waals surface area contributed by atoms with E-state index in [4.69, 9.17) is 4.42 Å². The standard InChI is InChI=1S/C16H14N2O3S/c1-10-6-7-11(21-10)9-17-15(19)8-14-16(20)18-12-4-2-3-5-13(12)22-14/h2-8H,9H2,1H3,(H,17,19)(H,18,20). The molecule has 2 aromatic rings. The van der Waals surface area contributed by atoms with Crippen LogP contribution in [0.3, 0.4) is 0 Å². The molecule has 0 saturated heterocycles. The van der Waals surface area contributed by atoms with Crippen molar-refractivity contribution < 1.29 is 14.0 Å². The van der Waals surface area contributed by atoms with E-state index in [0.29, 0.717) is 17.2 Å². The molecule has 1 aromatic carbocycles. The van der Waals surface area contributed by atoms with Crippen molar-refractivity contribution in [2.75, 3.05) is 5.32 Å². The predicted molar refractivity (Wildman–Crippen MR) is 84.3 cm³/mol. The molecule has 1 aliphatic rings. The van der Waals surface area contributed by atoms with Gasteiger partial charge in [-0.05, 0) is 31.2 Å². The van der Waals surface area contributed by atoms with Crippen molar-refractivity contribution in [2.24, 2.45) is 0 Å². The molecule has 112 valence electrons. The van der Waals surface area contributed by atoms with Gasteiger partial charge >= 0.3 is 0 Å². The summed E-state index contributed by atoms with van der Waals surface area (Å²) in [4.78, 5) is 25.2. The Morgan fingerprint density at radius 2 is 2.14 bits per heavy atom. The molecule has 2 amide bonds. The number of nitrogens with one attached hydrogen (secondary N) is 2. The summed E-state index contributed by atoms with van der Waals surface area (Å²) in [5.41, 5.74) is 0.765. The van der Waals surface area contributed by atoms with Crippen LogP contribution in [0.25, 0.3) is 0 Å². The highest BCUT2D eigenvalue weighted by atomic mass is 32.2. The minimum Gasteiger partial charge on any atom is -0.465 e. The van der Waals surface area contributed by atoms with Gasteiger partial charge in [-0.1, -0.05) is 23.9 Å². The molecular weight excluding hydrogens is 300 g/mol. The number of carbonyl (C=O) groups excluding carboxylic acids is 2. The number of amides is 2. The van der Waals surface area contributed by atoms with E-state index in [2.05, 4.69) is 10.6 Å². The highest BCUT2D eigenvalue weighted by Gasteiger charge is 2.21. The molecule has 0 radical (unpaired) electrons. The first-order valence-corrected chi connectivity index (χ1v) is 7.56. The molecule has 0 bridgehead atoms. The van der Waals surface area contributed by atoms with Crippen LogP contribution in [0.1, 0.15) is 11.5 Å². The van der Waals surface area contributed by atoms with Crippen LogP contribution in [0.4, 0.5) is 5.69 Å². The van der Waals surface area contributed by atoms with Crippen LogP contribution in [0, 0.1) is 6.92 Å². The Kier molecular flexibility index (Phi) is 4.02. The van der Waals surface area contributed by atoms with E-state index in [9.17, 15) is 9.59 Å². The van der Waals surface area contributed by atoms with Crippen molar-refractivity contribution in [2.45, 2.75) is 18.4 Å². The van der Waals surface area contributed by atoms with Crippen LogP contribution in [0.5, 0.6) is 0 Å². The van der Waals surface area contributed by atoms with Crippen LogP contribution in [-0.4, -0.2) is 11.8 Å². The van der Waals surface area contributed by atoms with Gasteiger partial charge in [-0.3, -0.25) is 9.59 Å². The summed E-state index contributed by atoms with van der Waals surface area (Å²) in [5, 5.41) is 5.47. The minimum atomic E-state index is -0.328. The van der Waals surface area contributed by atoms with Gasteiger partial charge in [0.25, 0.3) is 5.91 Å². The molecule has 6 heteroatoms. The molecule has 0 fully saturated rings. The maximum atomic E-state index is 12.0. The number of furan rings is 1. The predicted octanol–water partition coefficient (Wildman–Crippen LogP) is 2.83. The van der Waals surface area contributed by atoms with Gasteiger partial charge in [-0.15, -0.1) is 0 Å². The van der Waals surface area contributed by atoms with Gasteiger partial charge in [0.1, 0.15) is 11.5 Å². The van der Waals surface area contributed by atoms with Crippen LogP contribution in [0.2, 0.25) is 0 Å². The van der Waals surface area contributed by atoms with Gasteiger partial charge in [0.2, 0.25) is 5.91 Å². The lowest BCUT2D eigenvalue weighted by molar-refractivity contribution is -0.117. The molecule has 0 aliphatic carbocycles. The first-order valence-electron chi connectivity index (χ1n) is 6.75. The van der Waals surface area contributed by atoms with E-state index in [1.165, 1.54) is 17.8 Å². The molecular formula is C16H14N2O3S. The van der Waals surface area contributed by atoms with Gasteiger partial charge in [-0.25, -0.2) is 0 Å². The van der Waals surface area contributed by atoms with Gasteiger partial charge in [0.05, 0.1) is 17.1 Å². The Labute approximate surface area is 131 Å². The molecule has 0 atom stereocenters. The SMILES string of the molecule is Cc1ccc(CNC(=O)C=C2Sc3ccccc3NC2=O)o1. The van der Waals surface area contributed by atoms with Crippen molar-refractivity contribution in [3.05, 3.63) is 58.9 Å². The quantitative estimate of drug-likeness (QED) is 0.855. The van der Waals surface area contributed by atoms with E-state index in [1.807, 2.05) is 37.3 Å². The zero-order valence-corrected chi connectivity index (χ0v) is 12.7. The number of hydrogen-bond donors (Lipinski definition) is 2. The topological polar surface area (TPSA) is 71.3 Å². The molecule has 3 rings (SSSR count). The third-order valence-electron chi connectivity index (χ3n) is 3.07. The number of hydrogen-bond acceptors (Lipinski definition) is 4. The molecule has 1 aromatic heterocycles. The van der Waals surface area contributed by atoms with Crippen LogP contribution in [-0.2, 0) is 16.1 Å². The number of rotatable bonds is 3. The van der Waals surface area contributed by atoms with E-state index in [1.54, 1.807) is 6.07 Å².